The lowest BCUT2D eigenvalue weighted by Gasteiger charge is -2.38. The predicted octanol–water partition coefficient (Wildman–Crippen LogP) is 5.61. The van der Waals surface area contributed by atoms with Crippen LogP contribution in [-0.2, 0) is 16.0 Å². The number of carbonyl (C=O) groups is 3. The van der Waals surface area contributed by atoms with Crippen molar-refractivity contribution in [2.75, 3.05) is 25.0 Å². The number of piperidine rings is 1. The number of ketones is 1. The number of aromatic nitrogens is 1. The molecule has 216 valence electrons. The number of thiazole rings is 1. The number of urea groups is 1. The molecule has 1 aromatic heterocycles. The number of benzene rings is 2. The third kappa shape index (κ3) is 7.18. The van der Waals surface area contributed by atoms with Gasteiger partial charge in [-0.2, -0.15) is 0 Å². The molecule has 3 aromatic rings. The molecule has 2 saturated heterocycles. The number of hydrogen-bond donors (Lipinski definition) is 2. The van der Waals surface area contributed by atoms with Crippen LogP contribution in [0.3, 0.4) is 0 Å². The molecule has 0 radical (unpaired) electrons. The summed E-state index contributed by atoms with van der Waals surface area (Å²) in [6, 6.07) is 13.0. The SMILES string of the molecule is CC(=O)c1sc(-c2cccc(NC(=O)N[C@@H]3CCCO[C@H]3C(=O)N3CCC[C@@H](Cc4ccc(F)cc4)C3)c2)nc1C. The molecule has 2 N–H and O–H groups in total. The van der Waals surface area contributed by atoms with Gasteiger partial charge in [0.15, 0.2) is 11.9 Å². The van der Waals surface area contributed by atoms with Crippen LogP contribution in [0.5, 0.6) is 0 Å². The third-order valence-corrected chi connectivity index (χ3v) is 8.94. The molecule has 41 heavy (non-hydrogen) atoms. The quantitative estimate of drug-likeness (QED) is 0.355. The van der Waals surface area contributed by atoms with Crippen molar-refractivity contribution < 1.29 is 23.5 Å². The Morgan fingerprint density at radius 1 is 1.12 bits per heavy atom. The molecule has 3 amide bonds. The minimum atomic E-state index is -0.742. The second kappa shape index (κ2) is 12.9. The van der Waals surface area contributed by atoms with Crippen molar-refractivity contribution in [1.82, 2.24) is 15.2 Å². The first-order chi connectivity index (χ1) is 19.8. The van der Waals surface area contributed by atoms with Gasteiger partial charge < -0.3 is 20.3 Å². The molecule has 5 rings (SSSR count). The minimum absolute atomic E-state index is 0.0216. The molecule has 2 aliphatic rings. The fourth-order valence-electron chi connectivity index (χ4n) is 5.65. The summed E-state index contributed by atoms with van der Waals surface area (Å²) in [5.74, 6) is -0.0819. The van der Waals surface area contributed by atoms with Crippen molar-refractivity contribution in [2.24, 2.45) is 5.92 Å². The summed E-state index contributed by atoms with van der Waals surface area (Å²) < 4.78 is 19.2. The van der Waals surface area contributed by atoms with Crippen LogP contribution in [0.15, 0.2) is 48.5 Å². The van der Waals surface area contributed by atoms with Crippen molar-refractivity contribution in [3.63, 3.8) is 0 Å². The number of Topliss-reactive ketones (excluding diaryl/α,β-unsaturated/α-hetero) is 1. The molecule has 0 unspecified atom stereocenters. The van der Waals surface area contributed by atoms with E-state index in [-0.39, 0.29) is 23.4 Å². The summed E-state index contributed by atoms with van der Waals surface area (Å²) in [5.41, 5.74) is 3.13. The zero-order valence-electron chi connectivity index (χ0n) is 23.3. The van der Waals surface area contributed by atoms with E-state index in [0.717, 1.165) is 36.8 Å². The highest BCUT2D eigenvalue weighted by Crippen LogP contribution is 2.30. The van der Waals surface area contributed by atoms with E-state index in [1.165, 1.54) is 30.4 Å². The van der Waals surface area contributed by atoms with Gasteiger partial charge in [-0.3, -0.25) is 9.59 Å². The number of likely N-dealkylation sites (tertiary alicyclic amines) is 1. The molecular formula is C31H35FN4O4S. The van der Waals surface area contributed by atoms with Gasteiger partial charge in [0, 0.05) is 37.9 Å². The summed E-state index contributed by atoms with van der Waals surface area (Å²) in [6.07, 6.45) is 3.34. The molecule has 0 saturated carbocycles. The lowest BCUT2D eigenvalue weighted by atomic mass is 9.90. The van der Waals surface area contributed by atoms with E-state index in [9.17, 15) is 18.8 Å². The Hall–Kier alpha value is -3.63. The Kier molecular flexibility index (Phi) is 9.09. The van der Waals surface area contributed by atoms with Gasteiger partial charge in [0.2, 0.25) is 0 Å². The fraction of sp³-hybridized carbons (Fsp3) is 0.419. The predicted molar refractivity (Wildman–Crippen MR) is 157 cm³/mol. The Morgan fingerprint density at radius 2 is 1.93 bits per heavy atom. The standard InChI is InChI=1S/C31H35FN4O4S/c1-19-28(20(2)37)41-29(33-19)23-7-3-8-25(17-23)34-31(39)35-26-9-5-15-40-27(26)30(38)36-14-4-6-22(18-36)16-21-10-12-24(32)13-11-21/h3,7-8,10-13,17,22,26-27H,4-6,9,14-16,18H2,1-2H3,(H2,34,35,39)/t22-,26+,27+/m0/s1. The van der Waals surface area contributed by atoms with Crippen LogP contribution >= 0.6 is 11.3 Å². The lowest BCUT2D eigenvalue weighted by Crippen LogP contribution is -2.56. The molecule has 2 aliphatic heterocycles. The van der Waals surface area contributed by atoms with E-state index < -0.39 is 18.2 Å². The number of anilines is 1. The summed E-state index contributed by atoms with van der Waals surface area (Å²) in [5, 5.41) is 6.55. The number of rotatable bonds is 7. The van der Waals surface area contributed by atoms with Gasteiger partial charge in [0.25, 0.3) is 5.91 Å². The highest BCUT2D eigenvalue weighted by molar-refractivity contribution is 7.17. The highest BCUT2D eigenvalue weighted by Gasteiger charge is 2.37. The molecule has 8 nitrogen and oxygen atoms in total. The van der Waals surface area contributed by atoms with Crippen LogP contribution in [0.25, 0.3) is 10.6 Å². The largest absolute Gasteiger partial charge is 0.366 e. The molecule has 3 heterocycles. The van der Waals surface area contributed by atoms with E-state index in [4.69, 9.17) is 4.74 Å². The monoisotopic (exact) mass is 578 g/mol. The average molecular weight is 579 g/mol. The van der Waals surface area contributed by atoms with Crippen molar-refractivity contribution in [1.29, 1.82) is 0 Å². The Morgan fingerprint density at radius 3 is 2.68 bits per heavy atom. The van der Waals surface area contributed by atoms with E-state index >= 15 is 0 Å². The normalized spacial score (nSPS) is 20.9. The van der Waals surface area contributed by atoms with Crippen molar-refractivity contribution in [2.45, 2.75) is 58.1 Å². The first-order valence-corrected chi connectivity index (χ1v) is 14.9. The van der Waals surface area contributed by atoms with Crippen LogP contribution in [-0.4, -0.2) is 59.4 Å². The van der Waals surface area contributed by atoms with Gasteiger partial charge >= 0.3 is 6.03 Å². The first-order valence-electron chi connectivity index (χ1n) is 14.1. The molecule has 10 heteroatoms. The Bertz CT molecular complexity index is 1410. The zero-order valence-corrected chi connectivity index (χ0v) is 24.1. The summed E-state index contributed by atoms with van der Waals surface area (Å²) in [4.78, 5) is 45.4. The first kappa shape index (κ1) is 28.9. The molecule has 2 aromatic carbocycles. The van der Waals surface area contributed by atoms with E-state index in [2.05, 4.69) is 15.6 Å². The van der Waals surface area contributed by atoms with Crippen LogP contribution < -0.4 is 10.6 Å². The number of nitrogens with one attached hydrogen (secondary N) is 2. The Labute approximate surface area is 243 Å². The van der Waals surface area contributed by atoms with Crippen molar-refractivity contribution in [3.05, 3.63) is 70.5 Å². The topological polar surface area (TPSA) is 101 Å². The van der Waals surface area contributed by atoms with Crippen LogP contribution in [0, 0.1) is 18.7 Å². The van der Waals surface area contributed by atoms with E-state index in [1.807, 2.05) is 30.0 Å². The number of nitrogens with zero attached hydrogens (tertiary/aromatic N) is 2. The highest BCUT2D eigenvalue weighted by atomic mass is 32.1. The number of carbonyl (C=O) groups excluding carboxylic acids is 3. The number of amides is 3. The van der Waals surface area contributed by atoms with Gasteiger partial charge in [-0.1, -0.05) is 24.3 Å². The summed E-state index contributed by atoms with van der Waals surface area (Å²) in [7, 11) is 0. The molecule has 0 aliphatic carbocycles. The summed E-state index contributed by atoms with van der Waals surface area (Å²) in [6.45, 7) is 5.08. The second-order valence-corrected chi connectivity index (χ2v) is 11.8. The smallest absolute Gasteiger partial charge is 0.319 e. The Balaban J connectivity index is 1.20. The van der Waals surface area contributed by atoms with E-state index in [1.54, 1.807) is 18.2 Å². The minimum Gasteiger partial charge on any atom is -0.366 e. The zero-order chi connectivity index (χ0) is 28.9. The third-order valence-electron chi connectivity index (χ3n) is 7.63. The average Bonchev–Trinajstić information content (AvgIpc) is 3.36. The maximum atomic E-state index is 13.6. The van der Waals surface area contributed by atoms with Crippen LogP contribution in [0.1, 0.15) is 53.5 Å². The number of ether oxygens (including phenoxy) is 1. The number of aryl methyl sites for hydroxylation is 1. The fourth-order valence-corrected chi connectivity index (χ4v) is 6.61. The van der Waals surface area contributed by atoms with Gasteiger partial charge in [-0.05, 0) is 74.8 Å². The maximum Gasteiger partial charge on any atom is 0.319 e. The van der Waals surface area contributed by atoms with E-state index in [0.29, 0.717) is 47.4 Å². The molecular weight excluding hydrogens is 543 g/mol. The molecule has 0 spiro atoms. The number of hydrogen-bond acceptors (Lipinski definition) is 6. The van der Waals surface area contributed by atoms with Crippen molar-refractivity contribution in [3.8, 4) is 10.6 Å². The van der Waals surface area contributed by atoms with Crippen LogP contribution in [0.4, 0.5) is 14.9 Å². The maximum absolute atomic E-state index is 13.6. The van der Waals surface area contributed by atoms with Gasteiger partial charge in [0.1, 0.15) is 10.8 Å². The lowest BCUT2D eigenvalue weighted by molar-refractivity contribution is -0.150. The molecule has 2 fully saturated rings. The van der Waals surface area contributed by atoms with Gasteiger partial charge in [-0.15, -0.1) is 11.3 Å². The van der Waals surface area contributed by atoms with Crippen molar-refractivity contribution >= 4 is 34.7 Å². The number of halogens is 1. The second-order valence-electron chi connectivity index (χ2n) is 10.8. The summed E-state index contributed by atoms with van der Waals surface area (Å²) >= 11 is 1.33. The van der Waals surface area contributed by atoms with Crippen LogP contribution in [0.2, 0.25) is 0 Å². The molecule has 3 atom stereocenters. The van der Waals surface area contributed by atoms with Gasteiger partial charge in [0.05, 0.1) is 16.6 Å². The van der Waals surface area contributed by atoms with Gasteiger partial charge in [-0.25, -0.2) is 14.2 Å². The molecule has 0 bridgehead atoms.